The number of hydrogen-bond donors (Lipinski definition) is 0. The van der Waals surface area contributed by atoms with Crippen molar-refractivity contribution in [2.24, 2.45) is 35.5 Å². The maximum Gasteiger partial charge on any atom is 0.333 e. The lowest BCUT2D eigenvalue weighted by molar-refractivity contribution is -0.00372. The van der Waals surface area contributed by atoms with Gasteiger partial charge in [0.25, 0.3) is 0 Å². The zero-order valence-corrected chi connectivity index (χ0v) is 19.8. The number of epoxide rings is 1. The molecule has 3 rings (SSSR count). The Labute approximate surface area is 173 Å². The number of ether oxygens (including phenoxy) is 1. The van der Waals surface area contributed by atoms with Crippen LogP contribution >= 0.6 is 7.60 Å². The summed E-state index contributed by atoms with van der Waals surface area (Å²) in [5.74, 6) is 3.29. The molecule has 2 saturated carbocycles. The van der Waals surface area contributed by atoms with E-state index < -0.39 is 7.60 Å². The van der Waals surface area contributed by atoms with Crippen LogP contribution in [0.5, 0.6) is 0 Å². The summed E-state index contributed by atoms with van der Waals surface area (Å²) in [4.78, 5) is 0. The fraction of sp³-hybridized carbons (Fsp3) is 1.00. The maximum absolute atomic E-state index is 14.0. The zero-order chi connectivity index (χ0) is 20.5. The van der Waals surface area contributed by atoms with Crippen molar-refractivity contribution >= 4 is 7.60 Å². The maximum atomic E-state index is 14.0. The van der Waals surface area contributed by atoms with Crippen molar-refractivity contribution < 1.29 is 18.3 Å². The Morgan fingerprint density at radius 1 is 0.857 bits per heavy atom. The Balaban J connectivity index is 1.76. The first-order chi connectivity index (χ1) is 13.2. The third-order valence-corrected chi connectivity index (χ3v) is 9.38. The molecule has 0 spiro atoms. The molecule has 1 heterocycles. The zero-order valence-electron chi connectivity index (χ0n) is 18.9. The first-order valence-corrected chi connectivity index (χ1v) is 13.5. The molecule has 8 atom stereocenters. The monoisotopic (exact) mass is 414 g/mol. The second-order valence-corrected chi connectivity index (χ2v) is 12.7. The summed E-state index contributed by atoms with van der Waals surface area (Å²) in [6.45, 7) is 14.4. The van der Waals surface area contributed by atoms with Crippen molar-refractivity contribution in [3.8, 4) is 0 Å². The molecule has 3 aliphatic rings. The predicted molar refractivity (Wildman–Crippen MR) is 115 cm³/mol. The molecule has 0 radical (unpaired) electrons. The van der Waals surface area contributed by atoms with Gasteiger partial charge in [-0.1, -0.05) is 54.4 Å². The molecule has 2 aliphatic carbocycles. The van der Waals surface area contributed by atoms with Gasteiger partial charge in [0.1, 0.15) is 0 Å². The summed E-state index contributed by atoms with van der Waals surface area (Å²) in [5.41, 5.74) is 0. The van der Waals surface area contributed by atoms with Crippen molar-refractivity contribution in [2.45, 2.75) is 98.4 Å². The topological polar surface area (TPSA) is 48.1 Å². The predicted octanol–water partition coefficient (Wildman–Crippen LogP) is 6.53. The van der Waals surface area contributed by atoms with Crippen LogP contribution in [0.2, 0.25) is 0 Å². The molecule has 28 heavy (non-hydrogen) atoms. The summed E-state index contributed by atoms with van der Waals surface area (Å²) in [6, 6.07) is 0. The number of rotatable bonds is 8. The SMILES string of the molecule is CC(C)[C@H]1CC[C@@H](C)C[C@H]1OP(=O)(C[C@@H]1CO1)O[C@@H]1C[C@@H](C)CC[C@@H]1C(C)C. The fourth-order valence-corrected chi connectivity index (χ4v) is 7.66. The van der Waals surface area contributed by atoms with E-state index in [9.17, 15) is 4.57 Å². The Hall–Kier alpha value is 0.110. The normalized spacial score (nSPS) is 41.2. The highest BCUT2D eigenvalue weighted by molar-refractivity contribution is 7.54. The minimum absolute atomic E-state index is 0.0480. The largest absolute Gasteiger partial charge is 0.372 e. The van der Waals surface area contributed by atoms with E-state index in [0.29, 0.717) is 48.3 Å². The summed E-state index contributed by atoms with van der Waals surface area (Å²) >= 11 is 0. The van der Waals surface area contributed by atoms with Gasteiger partial charge in [-0.15, -0.1) is 0 Å². The van der Waals surface area contributed by atoms with Crippen molar-refractivity contribution in [1.82, 2.24) is 0 Å². The van der Waals surface area contributed by atoms with Crippen LogP contribution in [0, 0.1) is 35.5 Å². The third-order valence-electron chi connectivity index (χ3n) is 7.34. The molecule has 1 unspecified atom stereocenters. The van der Waals surface area contributed by atoms with E-state index in [-0.39, 0.29) is 18.3 Å². The Morgan fingerprint density at radius 3 is 1.64 bits per heavy atom. The Morgan fingerprint density at radius 2 is 1.29 bits per heavy atom. The van der Waals surface area contributed by atoms with Crippen LogP contribution in [0.25, 0.3) is 0 Å². The minimum Gasteiger partial charge on any atom is -0.372 e. The molecule has 5 heteroatoms. The Kier molecular flexibility index (Phi) is 7.73. The van der Waals surface area contributed by atoms with Gasteiger partial charge in [-0.3, -0.25) is 4.57 Å². The lowest BCUT2D eigenvalue weighted by Gasteiger charge is -2.41. The van der Waals surface area contributed by atoms with E-state index in [1.807, 2.05) is 0 Å². The van der Waals surface area contributed by atoms with Gasteiger partial charge >= 0.3 is 7.60 Å². The molecular weight excluding hydrogens is 371 g/mol. The van der Waals surface area contributed by atoms with Gasteiger partial charge in [-0.25, -0.2) is 0 Å². The van der Waals surface area contributed by atoms with Crippen molar-refractivity contribution in [3.05, 3.63) is 0 Å². The second kappa shape index (κ2) is 9.50. The molecular formula is C23H43O4P. The quantitative estimate of drug-likeness (QED) is 0.334. The molecule has 0 aromatic rings. The lowest BCUT2D eigenvalue weighted by Crippen LogP contribution is -2.37. The fourth-order valence-electron chi connectivity index (χ4n) is 5.42. The average molecular weight is 415 g/mol. The van der Waals surface area contributed by atoms with Gasteiger partial charge in [0.2, 0.25) is 0 Å². The van der Waals surface area contributed by atoms with E-state index >= 15 is 0 Å². The third kappa shape index (κ3) is 6.06. The van der Waals surface area contributed by atoms with E-state index in [1.54, 1.807) is 0 Å². The van der Waals surface area contributed by atoms with E-state index in [4.69, 9.17) is 13.8 Å². The van der Waals surface area contributed by atoms with E-state index in [0.717, 1.165) is 12.8 Å². The minimum atomic E-state index is -3.18. The summed E-state index contributed by atoms with van der Waals surface area (Å²) < 4.78 is 32.5. The standard InChI is InChI=1S/C23H43O4P/c1-15(2)20-9-7-17(5)11-22(20)26-28(24,14-19-13-25-19)27-23-12-18(6)8-10-21(23)16(3)4/h15-23H,7-14H2,1-6H3/t17-,18+,19-,20+,21+,22+,23+,28?/m0/s1. The smallest absolute Gasteiger partial charge is 0.333 e. The first-order valence-electron chi connectivity index (χ1n) is 11.7. The lowest BCUT2D eigenvalue weighted by atomic mass is 9.75. The van der Waals surface area contributed by atoms with Crippen molar-refractivity contribution in [3.63, 3.8) is 0 Å². The van der Waals surface area contributed by atoms with Crippen molar-refractivity contribution in [2.75, 3.05) is 12.8 Å². The van der Waals surface area contributed by atoms with Gasteiger partial charge in [0.15, 0.2) is 0 Å². The molecule has 0 bridgehead atoms. The van der Waals surface area contributed by atoms with E-state index in [1.165, 1.54) is 25.7 Å². The van der Waals surface area contributed by atoms with Gasteiger partial charge < -0.3 is 13.8 Å². The second-order valence-electron chi connectivity index (χ2n) is 10.7. The molecule has 0 aromatic heterocycles. The van der Waals surface area contributed by atoms with Crippen LogP contribution < -0.4 is 0 Å². The molecule has 1 aliphatic heterocycles. The van der Waals surface area contributed by atoms with Crippen LogP contribution in [-0.4, -0.2) is 31.1 Å². The van der Waals surface area contributed by atoms with Gasteiger partial charge in [-0.2, -0.15) is 0 Å². The summed E-state index contributed by atoms with van der Waals surface area (Å²) in [6.07, 6.45) is 7.40. The Bertz CT molecular complexity index is 507. The molecule has 1 saturated heterocycles. The van der Waals surface area contributed by atoms with Crippen LogP contribution in [0.15, 0.2) is 0 Å². The molecule has 0 amide bonds. The van der Waals surface area contributed by atoms with Gasteiger partial charge in [0.05, 0.1) is 31.1 Å². The van der Waals surface area contributed by atoms with Crippen LogP contribution in [0.3, 0.4) is 0 Å². The molecule has 164 valence electrons. The highest BCUT2D eigenvalue weighted by Gasteiger charge is 2.45. The molecule has 0 aromatic carbocycles. The van der Waals surface area contributed by atoms with Crippen molar-refractivity contribution in [1.29, 1.82) is 0 Å². The van der Waals surface area contributed by atoms with Gasteiger partial charge in [0, 0.05) is 0 Å². The molecule has 4 nitrogen and oxygen atoms in total. The van der Waals surface area contributed by atoms with Crippen LogP contribution in [-0.2, 0) is 18.3 Å². The summed E-state index contributed by atoms with van der Waals surface area (Å²) in [5, 5.41) is 0. The first kappa shape index (κ1) is 22.8. The van der Waals surface area contributed by atoms with E-state index in [2.05, 4.69) is 41.5 Å². The number of hydrogen-bond acceptors (Lipinski definition) is 4. The highest BCUT2D eigenvalue weighted by Crippen LogP contribution is 2.57. The van der Waals surface area contributed by atoms with Crippen LogP contribution in [0.4, 0.5) is 0 Å². The van der Waals surface area contributed by atoms with Gasteiger partial charge in [-0.05, 0) is 61.2 Å². The summed E-state index contributed by atoms with van der Waals surface area (Å²) in [7, 11) is -3.18. The van der Waals surface area contributed by atoms with Crippen LogP contribution in [0.1, 0.15) is 80.1 Å². The molecule has 3 fully saturated rings. The highest BCUT2D eigenvalue weighted by atomic mass is 31.2. The molecule has 0 N–H and O–H groups in total. The average Bonchev–Trinajstić information content (AvgIpc) is 3.37.